The van der Waals surface area contributed by atoms with Crippen molar-refractivity contribution < 1.29 is 47.5 Å². The molecule has 0 radical (unpaired) electrons. The Balaban J connectivity index is 0.000000291. The van der Waals surface area contributed by atoms with Crippen molar-refractivity contribution in [2.75, 3.05) is 13.2 Å². The van der Waals surface area contributed by atoms with Crippen LogP contribution < -0.4 is 5.73 Å². The predicted octanol–water partition coefficient (Wildman–Crippen LogP) is 7.22. The molecule has 0 aromatic heterocycles. The van der Waals surface area contributed by atoms with Crippen LogP contribution in [-0.2, 0) is 47.5 Å². The molecule has 0 aromatic rings. The average Bonchev–Trinajstić information content (AvgIpc) is 3.13. The monoisotopic (exact) mass is 769 g/mol. The fraction of sp³-hybridized carbons (Fsp3) is 0.950. The molecule has 0 aliphatic carbocycles. The van der Waals surface area contributed by atoms with Crippen molar-refractivity contribution in [1.29, 1.82) is 0 Å². The molecular formula is C40H72N4O10. The molecule has 4 rings (SSSR count). The van der Waals surface area contributed by atoms with Crippen LogP contribution in [0, 0.1) is 59.2 Å². The van der Waals surface area contributed by atoms with E-state index in [1.807, 2.05) is 6.92 Å². The van der Waals surface area contributed by atoms with E-state index in [1.54, 1.807) is 0 Å². The van der Waals surface area contributed by atoms with Gasteiger partial charge in [0.2, 0.25) is 0 Å². The van der Waals surface area contributed by atoms with E-state index >= 15 is 0 Å². The van der Waals surface area contributed by atoms with Crippen LogP contribution in [-0.4, -0.2) is 86.8 Å². The summed E-state index contributed by atoms with van der Waals surface area (Å²) in [6.07, 6.45) is -0.868. The average molecular weight is 769 g/mol. The summed E-state index contributed by atoms with van der Waals surface area (Å²) in [5.41, 5.74) is 15.0. The molecule has 0 saturated carbocycles. The number of nitrogens with two attached hydrogens (primary N) is 1. The van der Waals surface area contributed by atoms with Crippen molar-refractivity contribution in [2.24, 2.45) is 70.0 Å². The quantitative estimate of drug-likeness (QED) is 0.0969. The number of carbonyl (C=O) groups excluding carboxylic acids is 2. The van der Waals surface area contributed by atoms with Crippen LogP contribution in [0.2, 0.25) is 0 Å². The van der Waals surface area contributed by atoms with Crippen LogP contribution in [0.1, 0.15) is 110 Å². The summed E-state index contributed by atoms with van der Waals surface area (Å²) in [5.74, 6) is 2.04. The molecule has 4 aliphatic rings. The number of hydrogen-bond donors (Lipinski definition) is 1. The van der Waals surface area contributed by atoms with E-state index in [2.05, 4.69) is 86.2 Å². The predicted molar refractivity (Wildman–Crippen MR) is 203 cm³/mol. The van der Waals surface area contributed by atoms with Crippen LogP contribution in [0.4, 0.5) is 0 Å². The smallest absolute Gasteiger partial charge is 0.302 e. The van der Waals surface area contributed by atoms with Gasteiger partial charge in [0.25, 0.3) is 0 Å². The Morgan fingerprint density at radius 3 is 1.37 bits per heavy atom. The maximum Gasteiger partial charge on any atom is 0.302 e. The van der Waals surface area contributed by atoms with Crippen LogP contribution >= 0.6 is 0 Å². The fourth-order valence-corrected chi connectivity index (χ4v) is 8.42. The lowest BCUT2D eigenvalue weighted by atomic mass is 9.78. The highest BCUT2D eigenvalue weighted by Crippen LogP contribution is 2.42. The third kappa shape index (κ3) is 11.3. The van der Waals surface area contributed by atoms with E-state index in [-0.39, 0.29) is 104 Å². The van der Waals surface area contributed by atoms with E-state index in [4.69, 9.17) is 49.2 Å². The molecule has 312 valence electrons. The Labute approximate surface area is 324 Å². The van der Waals surface area contributed by atoms with Crippen molar-refractivity contribution in [3.63, 3.8) is 0 Å². The largest absolute Gasteiger partial charge is 0.463 e. The van der Waals surface area contributed by atoms with Crippen molar-refractivity contribution in [2.45, 2.75) is 171 Å². The van der Waals surface area contributed by atoms with E-state index in [0.29, 0.717) is 23.7 Å². The lowest BCUT2D eigenvalue weighted by molar-refractivity contribution is -0.302. The van der Waals surface area contributed by atoms with Crippen LogP contribution in [0.5, 0.6) is 0 Å². The summed E-state index contributed by atoms with van der Waals surface area (Å²) in [6.45, 7) is 28.8. The van der Waals surface area contributed by atoms with Gasteiger partial charge >= 0.3 is 11.9 Å². The SMILES string of the molecule is CCC1OC(OC2C(COC(C)=O)OC(N)C(C)C2C)C(C)C(C)C1C.CCC1OC(OC2C(COC(C)=O)OC(N=[N+]=[N-])C(C)C2C)C(C)C(C)C1C. The summed E-state index contributed by atoms with van der Waals surface area (Å²) in [7, 11) is 0. The maximum atomic E-state index is 11.3. The molecule has 0 amide bonds. The molecule has 14 heteroatoms. The Morgan fingerprint density at radius 2 is 0.981 bits per heavy atom. The van der Waals surface area contributed by atoms with Crippen LogP contribution in [0.25, 0.3) is 10.4 Å². The van der Waals surface area contributed by atoms with E-state index in [9.17, 15) is 9.59 Å². The molecule has 0 aromatic carbocycles. The summed E-state index contributed by atoms with van der Waals surface area (Å²) in [6, 6.07) is 0. The van der Waals surface area contributed by atoms with Gasteiger partial charge in [-0.3, -0.25) is 9.59 Å². The molecule has 20 unspecified atom stereocenters. The van der Waals surface area contributed by atoms with Crippen LogP contribution in [0.15, 0.2) is 5.11 Å². The van der Waals surface area contributed by atoms with Gasteiger partial charge in [-0.15, -0.1) is 0 Å². The fourth-order valence-electron chi connectivity index (χ4n) is 8.42. The number of azide groups is 1. The molecule has 4 aliphatic heterocycles. The van der Waals surface area contributed by atoms with Crippen molar-refractivity contribution >= 4 is 11.9 Å². The standard InChI is InChI=1S/C20H35N3O5.C20H37NO5/c1-8-16-11(3)10(2)14(6)20(27-16)28-18-12(4)13(5)19(22-23-21)26-17(18)9-25-15(7)24;1-8-16-11(3)10(2)14(6)20(25-16)26-18-12(4)13(5)19(21)24-17(18)9-23-15(7)22/h10-14,16-20H,8-9H2,1-7H3;10-14,16-20H,8-9,21H2,1-7H3. The second-order valence-electron chi connectivity index (χ2n) is 16.7. The number of rotatable bonds is 11. The third-order valence-electron chi connectivity index (χ3n) is 13.5. The van der Waals surface area contributed by atoms with E-state index in [1.165, 1.54) is 13.8 Å². The van der Waals surface area contributed by atoms with Gasteiger partial charge in [0.05, 0.1) is 24.4 Å². The first-order valence-electron chi connectivity index (χ1n) is 20.4. The van der Waals surface area contributed by atoms with Crippen LogP contribution in [0.3, 0.4) is 0 Å². The lowest BCUT2D eigenvalue weighted by Gasteiger charge is -2.48. The lowest BCUT2D eigenvalue weighted by Crippen LogP contribution is -2.57. The Bertz CT molecular complexity index is 1240. The normalized spacial score (nSPS) is 45.2. The molecule has 20 atom stereocenters. The van der Waals surface area contributed by atoms with Crippen molar-refractivity contribution in [3.8, 4) is 0 Å². The van der Waals surface area contributed by atoms with Gasteiger partial charge in [-0.25, -0.2) is 0 Å². The number of nitrogens with zero attached hydrogens (tertiary/aromatic N) is 3. The molecule has 4 saturated heterocycles. The molecule has 14 nitrogen and oxygen atoms in total. The molecule has 54 heavy (non-hydrogen) atoms. The third-order valence-corrected chi connectivity index (χ3v) is 13.5. The zero-order valence-electron chi connectivity index (χ0n) is 35.4. The minimum Gasteiger partial charge on any atom is -0.463 e. The van der Waals surface area contributed by atoms with Crippen molar-refractivity contribution in [3.05, 3.63) is 10.4 Å². The summed E-state index contributed by atoms with van der Waals surface area (Å²) in [4.78, 5) is 25.5. The summed E-state index contributed by atoms with van der Waals surface area (Å²) >= 11 is 0. The Kier molecular flexibility index (Phi) is 18.0. The first kappa shape index (κ1) is 46.4. The molecule has 2 N–H and O–H groups in total. The zero-order valence-corrected chi connectivity index (χ0v) is 35.4. The molecular weight excluding hydrogens is 696 g/mol. The number of esters is 2. The number of carbonyl (C=O) groups is 2. The van der Waals surface area contributed by atoms with Gasteiger partial charge in [-0.2, -0.15) is 0 Å². The maximum absolute atomic E-state index is 11.3. The van der Waals surface area contributed by atoms with Gasteiger partial charge in [-0.1, -0.05) is 88.2 Å². The molecule has 0 spiro atoms. The van der Waals surface area contributed by atoms with E-state index in [0.717, 1.165) is 12.8 Å². The van der Waals surface area contributed by atoms with Crippen molar-refractivity contribution in [1.82, 2.24) is 0 Å². The Hall–Kier alpha value is -2.03. The number of ether oxygens (including phenoxy) is 8. The summed E-state index contributed by atoms with van der Waals surface area (Å²) < 4.78 is 47.9. The molecule has 0 bridgehead atoms. The second-order valence-corrected chi connectivity index (χ2v) is 16.7. The van der Waals surface area contributed by atoms with Gasteiger partial charge < -0.3 is 43.6 Å². The van der Waals surface area contributed by atoms with E-state index < -0.39 is 18.6 Å². The zero-order chi connectivity index (χ0) is 40.6. The highest BCUT2D eigenvalue weighted by atomic mass is 16.7. The topological polar surface area (TPSA) is 183 Å². The summed E-state index contributed by atoms with van der Waals surface area (Å²) in [5, 5.41) is 3.77. The Morgan fingerprint density at radius 1 is 0.574 bits per heavy atom. The second kappa shape index (κ2) is 20.9. The first-order chi connectivity index (χ1) is 25.4. The van der Waals surface area contributed by atoms with Gasteiger partial charge in [0, 0.05) is 36.5 Å². The minimum atomic E-state index is -0.618. The van der Waals surface area contributed by atoms with Gasteiger partial charge in [-0.05, 0) is 59.8 Å². The molecule has 4 heterocycles. The van der Waals surface area contributed by atoms with Gasteiger partial charge in [0.1, 0.15) is 37.9 Å². The highest BCUT2D eigenvalue weighted by molar-refractivity contribution is 5.66. The minimum absolute atomic E-state index is 0.0355. The number of hydrogen-bond acceptors (Lipinski definition) is 12. The highest BCUT2D eigenvalue weighted by Gasteiger charge is 2.48. The first-order valence-corrected chi connectivity index (χ1v) is 20.4. The molecule has 4 fully saturated rings. The van der Waals surface area contributed by atoms with Gasteiger partial charge in [0.15, 0.2) is 12.6 Å².